The molecule has 23 heteroatoms. The second-order valence-electron chi connectivity index (χ2n) is 15.2. The molecular formula is C38H60N2O19S2. The Morgan fingerprint density at radius 2 is 1.75 bits per heavy atom. The molecule has 3 heterocycles. The zero-order valence-corrected chi connectivity index (χ0v) is 35.0. The molecule has 3 aliphatic rings. The summed E-state index contributed by atoms with van der Waals surface area (Å²) in [5.74, 6) is -2.70. The number of anilines is 1. The minimum Gasteiger partial charge on any atom is -0.483 e. The zero-order valence-electron chi connectivity index (χ0n) is 33.3. The van der Waals surface area contributed by atoms with Crippen LogP contribution in [0.2, 0.25) is 0 Å². The van der Waals surface area contributed by atoms with Crippen molar-refractivity contribution in [2.75, 3.05) is 37.5 Å². The number of rotatable bonds is 26. The van der Waals surface area contributed by atoms with Crippen molar-refractivity contribution in [3.8, 4) is 0 Å². The lowest BCUT2D eigenvalue weighted by molar-refractivity contribution is -0.425. The molecule has 0 saturated carbocycles. The third kappa shape index (κ3) is 14.6. The SMILES string of the molecule is N=COCC1C(O)CC(OC=O)(OCC2OC(OC(C(O)CO)C(O)C(O)CCc3cccc(NC(=O)CCCCC4CCSS4)c3)C(O)C(O)C2O)OC1C(O)C(O)CO. The summed E-state index contributed by atoms with van der Waals surface area (Å²) in [4.78, 5) is 24.2. The number of aliphatic hydroxyl groups is 11. The van der Waals surface area contributed by atoms with Crippen LogP contribution in [-0.4, -0.2) is 198 Å². The van der Waals surface area contributed by atoms with Gasteiger partial charge in [0, 0.05) is 29.0 Å². The molecule has 0 radical (unpaired) electrons. The molecule has 0 spiro atoms. The molecule has 16 atom stereocenters. The quantitative estimate of drug-likeness (QED) is 0.0114. The molecule has 0 aromatic heterocycles. The lowest BCUT2D eigenvalue weighted by atomic mass is 9.86. The number of aliphatic hydroxyl groups excluding tert-OH is 11. The first-order valence-corrected chi connectivity index (χ1v) is 22.4. The second-order valence-corrected chi connectivity index (χ2v) is 18.0. The van der Waals surface area contributed by atoms with E-state index in [0.29, 0.717) is 29.3 Å². The Balaban J connectivity index is 1.38. The minimum atomic E-state index is -2.56. The molecule has 3 fully saturated rings. The fourth-order valence-electron chi connectivity index (χ4n) is 7.25. The van der Waals surface area contributed by atoms with Gasteiger partial charge in [-0.2, -0.15) is 0 Å². The van der Waals surface area contributed by atoms with Gasteiger partial charge in [-0.25, -0.2) is 0 Å². The van der Waals surface area contributed by atoms with E-state index in [0.717, 1.165) is 25.0 Å². The Morgan fingerprint density at radius 1 is 1.00 bits per heavy atom. The van der Waals surface area contributed by atoms with Gasteiger partial charge in [0.05, 0.1) is 45.1 Å². The highest BCUT2D eigenvalue weighted by atomic mass is 33.1. The molecule has 1 aromatic rings. The highest BCUT2D eigenvalue weighted by Gasteiger charge is 2.55. The summed E-state index contributed by atoms with van der Waals surface area (Å²) in [6.45, 7) is -3.37. The van der Waals surface area contributed by atoms with Crippen molar-refractivity contribution in [1.29, 1.82) is 5.41 Å². The number of amides is 1. The van der Waals surface area contributed by atoms with Crippen molar-refractivity contribution in [1.82, 2.24) is 0 Å². The van der Waals surface area contributed by atoms with Crippen LogP contribution in [0.15, 0.2) is 24.3 Å². The van der Waals surface area contributed by atoms with Crippen molar-refractivity contribution in [2.24, 2.45) is 5.92 Å². The first kappa shape index (κ1) is 51.4. The molecule has 0 bridgehead atoms. The molecule has 4 rings (SSSR count). The molecule has 21 nitrogen and oxygen atoms in total. The maximum Gasteiger partial charge on any atom is 0.332 e. The maximum atomic E-state index is 12.6. The summed E-state index contributed by atoms with van der Waals surface area (Å²) in [6.07, 6.45) is -19.6. The van der Waals surface area contributed by atoms with E-state index in [9.17, 15) is 65.8 Å². The largest absolute Gasteiger partial charge is 0.483 e. The van der Waals surface area contributed by atoms with Gasteiger partial charge in [0.25, 0.3) is 6.47 Å². The molecular weight excluding hydrogens is 853 g/mol. The van der Waals surface area contributed by atoms with E-state index < -0.39 is 124 Å². The lowest BCUT2D eigenvalue weighted by Crippen LogP contribution is -2.63. The molecule has 0 aliphatic carbocycles. The number of hydrogen-bond acceptors (Lipinski definition) is 22. The predicted octanol–water partition coefficient (Wildman–Crippen LogP) is -2.51. The standard InChI is InChI=1S/C38H60N2O19S2/c39-18-54-16-23-25(45)13-38(56-19-43,59-35(23)31(50)26(46)14-41)55-17-28-32(51)33(52)34(53)37(57-28)58-36(27(47)15-42)30(49)24(44)9-8-20-4-3-5-21(12-20)40-29(48)7-2-1-6-22-10-11-60-61-22/h3-5,12,18-19,22-28,30-37,39,41-42,44-47,49-53H,1-2,6-11,13-17H2,(H,40,48). The Hall–Kier alpha value is -2.27. The topological polar surface area (TPSA) is 348 Å². The van der Waals surface area contributed by atoms with Crippen LogP contribution in [0.3, 0.4) is 0 Å². The maximum absolute atomic E-state index is 12.6. The van der Waals surface area contributed by atoms with Gasteiger partial charge in [0.2, 0.25) is 5.91 Å². The number of carbonyl (C=O) groups excluding carboxylic acids is 2. The second kappa shape index (κ2) is 25.3. The smallest absolute Gasteiger partial charge is 0.332 e. The fourth-order valence-corrected chi connectivity index (χ4v) is 10.3. The van der Waals surface area contributed by atoms with Gasteiger partial charge in [0.1, 0.15) is 61.0 Å². The third-order valence-electron chi connectivity index (χ3n) is 10.8. The Labute approximate surface area is 360 Å². The van der Waals surface area contributed by atoms with E-state index in [-0.39, 0.29) is 25.2 Å². The summed E-state index contributed by atoms with van der Waals surface area (Å²) in [5, 5.41) is 127. The highest BCUT2D eigenvalue weighted by Crippen LogP contribution is 2.40. The molecule has 61 heavy (non-hydrogen) atoms. The Bertz CT molecular complexity index is 1490. The third-order valence-corrected chi connectivity index (χ3v) is 13.8. The number of carbonyl (C=O) groups is 2. The highest BCUT2D eigenvalue weighted by molar-refractivity contribution is 8.77. The van der Waals surface area contributed by atoms with Crippen LogP contribution in [0, 0.1) is 11.3 Å². The van der Waals surface area contributed by atoms with Crippen molar-refractivity contribution in [3.63, 3.8) is 0 Å². The summed E-state index contributed by atoms with van der Waals surface area (Å²) in [6, 6.07) is 6.91. The van der Waals surface area contributed by atoms with E-state index in [4.69, 9.17) is 33.8 Å². The van der Waals surface area contributed by atoms with Crippen LogP contribution in [-0.2, 0) is 44.4 Å². The van der Waals surface area contributed by atoms with E-state index >= 15 is 0 Å². The number of aryl methyl sites for hydroxylation is 1. The van der Waals surface area contributed by atoms with Gasteiger partial charge in [-0.05, 0) is 49.8 Å². The van der Waals surface area contributed by atoms with Crippen LogP contribution in [0.4, 0.5) is 5.69 Å². The molecule has 348 valence electrons. The van der Waals surface area contributed by atoms with Crippen LogP contribution < -0.4 is 5.32 Å². The number of nitrogens with one attached hydrogen (secondary N) is 2. The minimum absolute atomic E-state index is 0.107. The monoisotopic (exact) mass is 912 g/mol. The van der Waals surface area contributed by atoms with E-state index in [1.807, 2.05) is 21.6 Å². The first-order chi connectivity index (χ1) is 29.2. The lowest BCUT2D eigenvalue weighted by Gasteiger charge is -2.47. The Morgan fingerprint density at radius 3 is 2.43 bits per heavy atom. The van der Waals surface area contributed by atoms with Crippen molar-refractivity contribution >= 4 is 46.1 Å². The molecule has 3 saturated heterocycles. The van der Waals surface area contributed by atoms with Crippen molar-refractivity contribution in [3.05, 3.63) is 29.8 Å². The van der Waals surface area contributed by atoms with Gasteiger partial charge in [-0.15, -0.1) is 0 Å². The van der Waals surface area contributed by atoms with Gasteiger partial charge in [-0.1, -0.05) is 40.1 Å². The zero-order chi connectivity index (χ0) is 44.7. The number of benzene rings is 1. The summed E-state index contributed by atoms with van der Waals surface area (Å²) < 4.78 is 32.6. The first-order valence-electron chi connectivity index (χ1n) is 20.0. The fraction of sp³-hybridized carbons (Fsp3) is 0.763. The van der Waals surface area contributed by atoms with Gasteiger partial charge >= 0.3 is 5.97 Å². The predicted molar refractivity (Wildman–Crippen MR) is 216 cm³/mol. The van der Waals surface area contributed by atoms with Gasteiger partial charge < -0.3 is 89.9 Å². The Kier molecular flexibility index (Phi) is 21.3. The summed E-state index contributed by atoms with van der Waals surface area (Å²) >= 11 is 0. The van der Waals surface area contributed by atoms with E-state index in [1.165, 1.54) is 6.42 Å². The summed E-state index contributed by atoms with van der Waals surface area (Å²) in [7, 11) is 3.79. The molecule has 3 aliphatic heterocycles. The molecule has 16 unspecified atom stereocenters. The molecule has 1 amide bonds. The number of hydrogen-bond donors (Lipinski definition) is 13. The number of ether oxygens (including phenoxy) is 6. The van der Waals surface area contributed by atoms with Gasteiger partial charge in [0.15, 0.2) is 12.7 Å². The van der Waals surface area contributed by atoms with Gasteiger partial charge in [-0.3, -0.25) is 15.0 Å². The average Bonchev–Trinajstić information content (AvgIpc) is 3.78. The van der Waals surface area contributed by atoms with Crippen molar-refractivity contribution in [2.45, 2.75) is 142 Å². The normalized spacial score (nSPS) is 32.2. The average molecular weight is 913 g/mol. The van der Waals surface area contributed by atoms with Crippen LogP contribution >= 0.6 is 21.6 Å². The molecule has 1 aromatic carbocycles. The molecule has 13 N–H and O–H groups in total. The van der Waals surface area contributed by atoms with Crippen LogP contribution in [0.25, 0.3) is 0 Å². The van der Waals surface area contributed by atoms with Crippen LogP contribution in [0.1, 0.15) is 50.5 Å². The van der Waals surface area contributed by atoms with E-state index in [1.54, 1.807) is 24.3 Å². The summed E-state index contributed by atoms with van der Waals surface area (Å²) in [5.41, 5.74) is 1.24. The van der Waals surface area contributed by atoms with E-state index in [2.05, 4.69) is 5.32 Å². The van der Waals surface area contributed by atoms with Crippen molar-refractivity contribution < 1.29 is 94.2 Å². The van der Waals surface area contributed by atoms with Crippen LogP contribution in [0.5, 0.6) is 0 Å². The number of unbranched alkanes of at least 4 members (excludes halogenated alkanes) is 1.